The van der Waals surface area contributed by atoms with Gasteiger partial charge in [-0.3, -0.25) is 9.69 Å². The molecule has 1 heterocycles. The number of nitrogens with one attached hydrogen (secondary N) is 1. The van der Waals surface area contributed by atoms with Gasteiger partial charge in [-0.25, -0.2) is 8.78 Å². The molecule has 4 nitrogen and oxygen atoms in total. The zero-order chi connectivity index (χ0) is 17.8. The second-order valence-electron chi connectivity index (χ2n) is 6.00. The molecule has 6 heteroatoms. The van der Waals surface area contributed by atoms with Gasteiger partial charge in [-0.15, -0.1) is 0 Å². The van der Waals surface area contributed by atoms with Crippen LogP contribution in [0.3, 0.4) is 0 Å². The van der Waals surface area contributed by atoms with Crippen molar-refractivity contribution in [2.24, 2.45) is 0 Å². The zero-order valence-electron chi connectivity index (χ0n) is 14.0. The molecule has 0 bridgehead atoms. The van der Waals surface area contributed by atoms with E-state index in [9.17, 15) is 13.6 Å². The maximum atomic E-state index is 13.7. The molecule has 1 unspecified atom stereocenters. The third kappa shape index (κ3) is 4.03. The quantitative estimate of drug-likeness (QED) is 0.920. The number of amides is 1. The predicted molar refractivity (Wildman–Crippen MR) is 91.6 cm³/mol. The third-order valence-corrected chi connectivity index (χ3v) is 4.43. The fourth-order valence-corrected chi connectivity index (χ4v) is 2.93. The molecule has 1 saturated heterocycles. The smallest absolute Gasteiger partial charge is 0.261 e. The Balaban J connectivity index is 1.69. The molecule has 3 rings (SSSR count). The van der Waals surface area contributed by atoms with Crippen LogP contribution in [0, 0.1) is 11.6 Å². The Labute approximate surface area is 145 Å². The largest absolute Gasteiger partial charge is 0.379 e. The Hall–Kier alpha value is -2.31. The number of rotatable bonds is 4. The molecular formula is C19H20F2N2O2. The second-order valence-corrected chi connectivity index (χ2v) is 6.00. The molecule has 1 amide bonds. The molecular weight excluding hydrogens is 326 g/mol. The van der Waals surface area contributed by atoms with Gasteiger partial charge in [-0.05, 0) is 36.8 Å². The summed E-state index contributed by atoms with van der Waals surface area (Å²) in [6.45, 7) is 5.34. The molecule has 25 heavy (non-hydrogen) atoms. The summed E-state index contributed by atoms with van der Waals surface area (Å²) in [5.41, 5.74) is 1.02. The lowest BCUT2D eigenvalue weighted by Gasteiger charge is -2.32. The summed E-state index contributed by atoms with van der Waals surface area (Å²) in [6, 6.07) is 10.9. The number of carbonyl (C=O) groups is 1. The first-order chi connectivity index (χ1) is 12.1. The summed E-state index contributed by atoms with van der Waals surface area (Å²) in [5, 5.41) is 2.53. The molecule has 0 aliphatic carbocycles. The molecule has 1 aliphatic rings. The minimum absolute atomic E-state index is 0.234. The van der Waals surface area contributed by atoms with E-state index in [1.807, 2.05) is 12.1 Å². The Morgan fingerprint density at radius 3 is 2.28 bits per heavy atom. The molecule has 132 valence electrons. The van der Waals surface area contributed by atoms with Crippen LogP contribution in [-0.4, -0.2) is 37.1 Å². The van der Waals surface area contributed by atoms with Gasteiger partial charge in [-0.2, -0.15) is 0 Å². The minimum Gasteiger partial charge on any atom is -0.379 e. The highest BCUT2D eigenvalue weighted by atomic mass is 19.1. The normalized spacial score (nSPS) is 16.4. The topological polar surface area (TPSA) is 41.6 Å². The number of ether oxygens (including phenoxy) is 1. The van der Waals surface area contributed by atoms with Crippen molar-refractivity contribution in [2.75, 3.05) is 31.6 Å². The molecule has 0 aromatic heterocycles. The van der Waals surface area contributed by atoms with Crippen molar-refractivity contribution < 1.29 is 18.3 Å². The highest BCUT2D eigenvalue weighted by molar-refractivity contribution is 6.04. The van der Waals surface area contributed by atoms with E-state index in [1.54, 1.807) is 12.1 Å². The molecule has 0 saturated carbocycles. The van der Waals surface area contributed by atoms with Gasteiger partial charge in [0.15, 0.2) is 0 Å². The first-order valence-corrected chi connectivity index (χ1v) is 8.23. The SMILES string of the molecule is CC(c1ccc(NC(=O)c2c(F)cccc2F)cc1)N1CCOCC1. The second kappa shape index (κ2) is 7.72. The molecule has 0 spiro atoms. The number of hydrogen-bond donors (Lipinski definition) is 1. The molecule has 1 fully saturated rings. The Kier molecular flexibility index (Phi) is 5.40. The van der Waals surface area contributed by atoms with Gasteiger partial charge < -0.3 is 10.1 Å². The van der Waals surface area contributed by atoms with Crippen molar-refractivity contribution in [3.05, 3.63) is 65.2 Å². The molecule has 2 aromatic rings. The lowest BCUT2D eigenvalue weighted by atomic mass is 10.1. The van der Waals surface area contributed by atoms with E-state index in [0.717, 1.165) is 44.0 Å². The Morgan fingerprint density at radius 1 is 1.08 bits per heavy atom. The van der Waals surface area contributed by atoms with Crippen LogP contribution in [0.1, 0.15) is 28.9 Å². The van der Waals surface area contributed by atoms with Crippen molar-refractivity contribution in [2.45, 2.75) is 13.0 Å². The maximum absolute atomic E-state index is 13.7. The van der Waals surface area contributed by atoms with Crippen LogP contribution >= 0.6 is 0 Å². The van der Waals surface area contributed by atoms with Gasteiger partial charge in [0.05, 0.1) is 13.2 Å². The van der Waals surface area contributed by atoms with Crippen LogP contribution in [0.2, 0.25) is 0 Å². The standard InChI is InChI=1S/C19H20F2N2O2/c1-13(23-9-11-25-12-10-23)14-5-7-15(8-6-14)22-19(24)18-16(20)3-2-4-17(18)21/h2-8,13H,9-12H2,1H3,(H,22,24). The van der Waals surface area contributed by atoms with Gasteiger partial charge in [-0.1, -0.05) is 18.2 Å². The fourth-order valence-electron chi connectivity index (χ4n) is 2.93. The first-order valence-electron chi connectivity index (χ1n) is 8.23. The van der Waals surface area contributed by atoms with Crippen LogP contribution in [0.25, 0.3) is 0 Å². The number of hydrogen-bond acceptors (Lipinski definition) is 3. The monoisotopic (exact) mass is 346 g/mol. The average molecular weight is 346 g/mol. The maximum Gasteiger partial charge on any atom is 0.261 e. The predicted octanol–water partition coefficient (Wildman–Crippen LogP) is 3.61. The third-order valence-electron chi connectivity index (χ3n) is 4.43. The van der Waals surface area contributed by atoms with Crippen LogP contribution < -0.4 is 5.32 Å². The highest BCUT2D eigenvalue weighted by Crippen LogP contribution is 2.23. The van der Waals surface area contributed by atoms with Crippen molar-refractivity contribution in [1.29, 1.82) is 0 Å². The summed E-state index contributed by atoms with van der Waals surface area (Å²) >= 11 is 0. The van der Waals surface area contributed by atoms with E-state index in [4.69, 9.17) is 4.74 Å². The summed E-state index contributed by atoms with van der Waals surface area (Å²) in [7, 11) is 0. The number of morpholine rings is 1. The van der Waals surface area contributed by atoms with Gasteiger partial charge in [0, 0.05) is 24.8 Å². The van der Waals surface area contributed by atoms with Crippen LogP contribution in [0.15, 0.2) is 42.5 Å². The van der Waals surface area contributed by atoms with Crippen molar-refractivity contribution >= 4 is 11.6 Å². The summed E-state index contributed by atoms with van der Waals surface area (Å²) in [5.74, 6) is -2.56. The summed E-state index contributed by atoms with van der Waals surface area (Å²) in [6.07, 6.45) is 0. The number of carbonyl (C=O) groups excluding carboxylic acids is 1. The van der Waals surface area contributed by atoms with Crippen molar-refractivity contribution in [3.63, 3.8) is 0 Å². The van der Waals surface area contributed by atoms with Crippen molar-refractivity contribution in [3.8, 4) is 0 Å². The van der Waals surface area contributed by atoms with Crippen molar-refractivity contribution in [1.82, 2.24) is 4.90 Å². The molecule has 1 N–H and O–H groups in total. The van der Waals surface area contributed by atoms with E-state index < -0.39 is 23.1 Å². The van der Waals surface area contributed by atoms with E-state index in [2.05, 4.69) is 17.1 Å². The number of anilines is 1. The lowest BCUT2D eigenvalue weighted by Crippen LogP contribution is -2.37. The van der Waals surface area contributed by atoms with E-state index in [0.29, 0.717) is 5.69 Å². The summed E-state index contributed by atoms with van der Waals surface area (Å²) in [4.78, 5) is 14.4. The van der Waals surface area contributed by atoms with Crippen LogP contribution in [0.5, 0.6) is 0 Å². The van der Waals surface area contributed by atoms with Gasteiger partial charge in [0.2, 0.25) is 0 Å². The molecule has 1 atom stereocenters. The van der Waals surface area contributed by atoms with E-state index in [1.165, 1.54) is 6.07 Å². The summed E-state index contributed by atoms with van der Waals surface area (Å²) < 4.78 is 32.7. The molecule has 0 radical (unpaired) electrons. The van der Waals surface area contributed by atoms with E-state index in [-0.39, 0.29) is 6.04 Å². The zero-order valence-corrected chi connectivity index (χ0v) is 14.0. The Morgan fingerprint density at radius 2 is 1.68 bits per heavy atom. The van der Waals surface area contributed by atoms with Crippen LogP contribution in [0.4, 0.5) is 14.5 Å². The molecule has 1 aliphatic heterocycles. The number of benzene rings is 2. The van der Waals surface area contributed by atoms with Gasteiger partial charge in [0.1, 0.15) is 17.2 Å². The van der Waals surface area contributed by atoms with Gasteiger partial charge in [0.25, 0.3) is 5.91 Å². The number of halogens is 2. The fraction of sp³-hybridized carbons (Fsp3) is 0.316. The average Bonchev–Trinajstić information content (AvgIpc) is 2.62. The highest BCUT2D eigenvalue weighted by Gasteiger charge is 2.19. The Bertz CT molecular complexity index is 723. The minimum atomic E-state index is -0.880. The van der Waals surface area contributed by atoms with Crippen LogP contribution in [-0.2, 0) is 4.74 Å². The van der Waals surface area contributed by atoms with E-state index >= 15 is 0 Å². The number of nitrogens with zero attached hydrogens (tertiary/aromatic N) is 1. The first kappa shape index (κ1) is 17.5. The molecule has 2 aromatic carbocycles. The lowest BCUT2D eigenvalue weighted by molar-refractivity contribution is 0.0198. The van der Waals surface area contributed by atoms with Gasteiger partial charge >= 0.3 is 0 Å².